The Hall–Kier alpha value is -1.05. The fourth-order valence-corrected chi connectivity index (χ4v) is 1.42. The number of aryl methyl sites for hydroxylation is 1. The van der Waals surface area contributed by atoms with Gasteiger partial charge in [0.1, 0.15) is 0 Å². The monoisotopic (exact) mass is 149 g/mol. The van der Waals surface area contributed by atoms with Crippen LogP contribution in [-0.2, 0) is 0 Å². The molecule has 0 amide bonds. The molecule has 58 valence electrons. The summed E-state index contributed by atoms with van der Waals surface area (Å²) < 4.78 is 5.38. The number of oxazole rings is 1. The van der Waals surface area contributed by atoms with Crippen LogP contribution in [0.25, 0.3) is 6.08 Å². The summed E-state index contributed by atoms with van der Waals surface area (Å²) in [6, 6.07) is 0. The third-order valence-corrected chi connectivity index (χ3v) is 2.01. The van der Waals surface area contributed by atoms with Crippen molar-refractivity contribution in [3.8, 4) is 0 Å². The summed E-state index contributed by atoms with van der Waals surface area (Å²) in [5, 5.41) is 0. The van der Waals surface area contributed by atoms with Gasteiger partial charge in [0.05, 0.1) is 5.69 Å². The highest BCUT2D eigenvalue weighted by Crippen LogP contribution is 2.28. The molecule has 0 spiro atoms. The molecule has 2 rings (SSSR count). The van der Waals surface area contributed by atoms with Crippen LogP contribution in [0, 0.1) is 6.92 Å². The molecule has 1 aliphatic rings. The number of aromatic nitrogens is 1. The molecule has 2 heteroatoms. The second-order valence-electron chi connectivity index (χ2n) is 3.02. The molecule has 11 heavy (non-hydrogen) atoms. The summed E-state index contributed by atoms with van der Waals surface area (Å²) in [5.41, 5.74) is 1.12. The summed E-state index contributed by atoms with van der Waals surface area (Å²) in [6.45, 7) is 4.06. The fraction of sp³-hybridized carbons (Fsp3) is 0.444. The molecular formula is C9H11NO. The molecule has 0 aromatic carbocycles. The van der Waals surface area contributed by atoms with Gasteiger partial charge in [-0.3, -0.25) is 0 Å². The van der Waals surface area contributed by atoms with Crippen LogP contribution in [0.5, 0.6) is 0 Å². The van der Waals surface area contributed by atoms with Gasteiger partial charge in [-0.1, -0.05) is 13.0 Å². The van der Waals surface area contributed by atoms with E-state index in [0.717, 1.165) is 23.8 Å². The van der Waals surface area contributed by atoms with E-state index in [9.17, 15) is 0 Å². The molecule has 0 N–H and O–H groups in total. The number of fused-ring (bicyclic) bond motifs is 1. The second-order valence-corrected chi connectivity index (χ2v) is 3.02. The van der Waals surface area contributed by atoms with Crippen LogP contribution in [0.1, 0.15) is 36.6 Å². The van der Waals surface area contributed by atoms with Crippen molar-refractivity contribution in [2.45, 2.75) is 26.2 Å². The molecule has 0 saturated carbocycles. The maximum Gasteiger partial charge on any atom is 0.192 e. The first kappa shape index (κ1) is 6.65. The first-order valence-corrected chi connectivity index (χ1v) is 3.91. The van der Waals surface area contributed by atoms with Crippen molar-refractivity contribution in [1.82, 2.24) is 4.98 Å². The van der Waals surface area contributed by atoms with E-state index in [1.807, 2.05) is 13.0 Å². The van der Waals surface area contributed by atoms with Crippen molar-refractivity contribution in [1.29, 1.82) is 0 Å². The van der Waals surface area contributed by atoms with Gasteiger partial charge >= 0.3 is 0 Å². The molecular weight excluding hydrogens is 138 g/mol. The highest BCUT2D eigenvalue weighted by molar-refractivity contribution is 5.49. The molecule has 1 aliphatic carbocycles. The van der Waals surface area contributed by atoms with Crippen molar-refractivity contribution in [2.24, 2.45) is 0 Å². The first-order chi connectivity index (χ1) is 5.27. The quantitative estimate of drug-likeness (QED) is 0.566. The molecule has 0 radical (unpaired) electrons. The van der Waals surface area contributed by atoms with Crippen LogP contribution < -0.4 is 0 Å². The Kier molecular flexibility index (Phi) is 1.34. The summed E-state index contributed by atoms with van der Waals surface area (Å²) in [5.74, 6) is 2.24. The number of hydrogen-bond donors (Lipinski definition) is 0. The lowest BCUT2D eigenvalue weighted by Crippen LogP contribution is -1.97. The zero-order valence-electron chi connectivity index (χ0n) is 6.79. The predicted octanol–water partition coefficient (Wildman–Crippen LogP) is 2.50. The Labute approximate surface area is 65.9 Å². The third-order valence-electron chi connectivity index (χ3n) is 2.01. The van der Waals surface area contributed by atoms with Gasteiger partial charge in [-0.05, 0) is 12.5 Å². The topological polar surface area (TPSA) is 26.0 Å². The normalized spacial score (nSPS) is 21.8. The maximum atomic E-state index is 5.38. The average Bonchev–Trinajstić information content (AvgIpc) is 2.31. The molecule has 1 heterocycles. The van der Waals surface area contributed by atoms with Crippen LogP contribution in [0.2, 0.25) is 0 Å². The van der Waals surface area contributed by atoms with Gasteiger partial charge in [0, 0.05) is 12.8 Å². The van der Waals surface area contributed by atoms with Crippen molar-refractivity contribution in [3.05, 3.63) is 23.4 Å². The number of hydrogen-bond acceptors (Lipinski definition) is 2. The summed E-state index contributed by atoms with van der Waals surface area (Å²) in [6.07, 6.45) is 5.23. The molecule has 1 aromatic rings. The van der Waals surface area contributed by atoms with Gasteiger partial charge < -0.3 is 4.42 Å². The highest BCUT2D eigenvalue weighted by Gasteiger charge is 2.17. The molecule has 0 aliphatic heterocycles. The first-order valence-electron chi connectivity index (χ1n) is 3.91. The molecule has 0 bridgehead atoms. The molecule has 2 nitrogen and oxygen atoms in total. The Morgan fingerprint density at radius 2 is 2.45 bits per heavy atom. The SMILES string of the molecule is Cc1nc2c(o1)C=CCC2C. The summed E-state index contributed by atoms with van der Waals surface area (Å²) in [4.78, 5) is 4.31. The van der Waals surface area contributed by atoms with Gasteiger partial charge in [0.25, 0.3) is 0 Å². The summed E-state index contributed by atoms with van der Waals surface area (Å²) >= 11 is 0. The van der Waals surface area contributed by atoms with Crippen molar-refractivity contribution >= 4 is 6.08 Å². The molecule has 1 unspecified atom stereocenters. The van der Waals surface area contributed by atoms with E-state index in [2.05, 4.69) is 18.0 Å². The fourth-order valence-electron chi connectivity index (χ4n) is 1.42. The number of nitrogens with zero attached hydrogens (tertiary/aromatic N) is 1. The van der Waals surface area contributed by atoms with Gasteiger partial charge in [-0.25, -0.2) is 4.98 Å². The van der Waals surface area contributed by atoms with Gasteiger partial charge in [0.15, 0.2) is 11.7 Å². The van der Waals surface area contributed by atoms with Crippen LogP contribution in [-0.4, -0.2) is 4.98 Å². The minimum absolute atomic E-state index is 0.521. The largest absolute Gasteiger partial charge is 0.441 e. The van der Waals surface area contributed by atoms with Crippen LogP contribution >= 0.6 is 0 Å². The van der Waals surface area contributed by atoms with Crippen LogP contribution in [0.15, 0.2) is 10.5 Å². The Balaban J connectivity index is 2.53. The van der Waals surface area contributed by atoms with Crippen LogP contribution in [0.4, 0.5) is 0 Å². The van der Waals surface area contributed by atoms with Gasteiger partial charge in [-0.2, -0.15) is 0 Å². The van der Waals surface area contributed by atoms with Crippen molar-refractivity contribution < 1.29 is 4.42 Å². The summed E-state index contributed by atoms with van der Waals surface area (Å²) in [7, 11) is 0. The van der Waals surface area contributed by atoms with Crippen molar-refractivity contribution in [3.63, 3.8) is 0 Å². The minimum Gasteiger partial charge on any atom is -0.441 e. The maximum absolute atomic E-state index is 5.38. The van der Waals surface area contributed by atoms with E-state index in [1.165, 1.54) is 0 Å². The number of rotatable bonds is 0. The van der Waals surface area contributed by atoms with E-state index >= 15 is 0 Å². The predicted molar refractivity (Wildman–Crippen MR) is 43.3 cm³/mol. The van der Waals surface area contributed by atoms with E-state index in [4.69, 9.17) is 4.42 Å². The van der Waals surface area contributed by atoms with E-state index in [0.29, 0.717) is 5.92 Å². The van der Waals surface area contributed by atoms with Gasteiger partial charge in [0.2, 0.25) is 0 Å². The van der Waals surface area contributed by atoms with E-state index in [-0.39, 0.29) is 0 Å². The molecule has 1 atom stereocenters. The minimum atomic E-state index is 0.521. The smallest absolute Gasteiger partial charge is 0.192 e. The Bertz CT molecular complexity index is 299. The lowest BCUT2D eigenvalue weighted by atomic mass is 9.98. The standard InChI is InChI=1S/C9H11NO/c1-6-4-3-5-8-9(6)10-7(2)11-8/h3,5-6H,4H2,1-2H3. The van der Waals surface area contributed by atoms with E-state index in [1.54, 1.807) is 0 Å². The zero-order valence-corrected chi connectivity index (χ0v) is 6.79. The van der Waals surface area contributed by atoms with Crippen LogP contribution in [0.3, 0.4) is 0 Å². The highest BCUT2D eigenvalue weighted by atomic mass is 16.4. The average molecular weight is 149 g/mol. The van der Waals surface area contributed by atoms with Gasteiger partial charge in [-0.15, -0.1) is 0 Å². The lowest BCUT2D eigenvalue weighted by molar-refractivity contribution is 0.509. The van der Waals surface area contributed by atoms with Crippen molar-refractivity contribution in [2.75, 3.05) is 0 Å². The molecule has 1 aromatic heterocycles. The zero-order chi connectivity index (χ0) is 7.84. The Morgan fingerprint density at radius 1 is 1.64 bits per heavy atom. The lowest BCUT2D eigenvalue weighted by Gasteiger charge is -2.08. The molecule has 0 fully saturated rings. The Morgan fingerprint density at radius 3 is 3.18 bits per heavy atom. The molecule has 0 saturated heterocycles. The number of allylic oxidation sites excluding steroid dienone is 1. The van der Waals surface area contributed by atoms with E-state index < -0.39 is 0 Å². The second kappa shape index (κ2) is 2.22. The third kappa shape index (κ3) is 0.985.